The van der Waals surface area contributed by atoms with E-state index in [-0.39, 0.29) is 11.8 Å². The minimum absolute atomic E-state index is 0.209. The molecule has 0 radical (unpaired) electrons. The summed E-state index contributed by atoms with van der Waals surface area (Å²) >= 11 is 0. The summed E-state index contributed by atoms with van der Waals surface area (Å²) in [5.41, 5.74) is 1.02. The molecule has 2 aromatic rings. The van der Waals surface area contributed by atoms with Crippen LogP contribution in [0.3, 0.4) is 0 Å². The summed E-state index contributed by atoms with van der Waals surface area (Å²) < 4.78 is 5.96. The van der Waals surface area contributed by atoms with Gasteiger partial charge in [-0.05, 0) is 24.3 Å². The number of amides is 1. The summed E-state index contributed by atoms with van der Waals surface area (Å²) in [7, 11) is 0. The van der Waals surface area contributed by atoms with E-state index in [4.69, 9.17) is 4.74 Å². The second-order valence-corrected chi connectivity index (χ2v) is 5.55. The minimum atomic E-state index is -0.967. The first kappa shape index (κ1) is 12.9. The predicted molar refractivity (Wildman–Crippen MR) is 81.3 cm³/mol. The minimum Gasteiger partial charge on any atom is -0.476 e. The van der Waals surface area contributed by atoms with Crippen molar-refractivity contribution in [2.45, 2.75) is 12.0 Å². The summed E-state index contributed by atoms with van der Waals surface area (Å²) in [6, 6.07) is 16.6. The van der Waals surface area contributed by atoms with Crippen LogP contribution in [0.1, 0.15) is 12.0 Å². The van der Waals surface area contributed by atoms with Crippen molar-refractivity contribution in [1.82, 2.24) is 0 Å². The average Bonchev–Trinajstić information content (AvgIpc) is 3.29. The lowest BCUT2D eigenvalue weighted by molar-refractivity contribution is -0.125. The molecule has 4 rings (SSSR count). The van der Waals surface area contributed by atoms with E-state index in [1.807, 2.05) is 48.5 Å². The fraction of sp³-hybridized carbons (Fsp3) is 0.176. The number of rotatable bonds is 2. The molecule has 5 nitrogen and oxygen atoms in total. The average molecular weight is 294 g/mol. The highest BCUT2D eigenvalue weighted by Gasteiger charge is 2.68. The summed E-state index contributed by atoms with van der Waals surface area (Å²) in [5, 5.41) is 15.6. The fourth-order valence-electron chi connectivity index (χ4n) is 3.01. The Kier molecular flexibility index (Phi) is 2.69. The first-order chi connectivity index (χ1) is 10.7. The van der Waals surface area contributed by atoms with E-state index in [9.17, 15) is 10.0 Å². The maximum absolute atomic E-state index is 12.6. The molecule has 0 aromatic heterocycles. The van der Waals surface area contributed by atoms with E-state index >= 15 is 0 Å². The third kappa shape index (κ3) is 1.79. The van der Waals surface area contributed by atoms with Gasteiger partial charge in [0.05, 0.1) is 11.6 Å². The van der Waals surface area contributed by atoms with Gasteiger partial charge in [-0.25, -0.2) is 0 Å². The van der Waals surface area contributed by atoms with Crippen LogP contribution in [0.5, 0.6) is 5.75 Å². The second-order valence-electron chi connectivity index (χ2n) is 5.55. The summed E-state index contributed by atoms with van der Waals surface area (Å²) in [6.45, 7) is 0. The predicted octanol–water partition coefficient (Wildman–Crippen LogP) is 2.65. The number of benzene rings is 2. The third-order valence-corrected chi connectivity index (χ3v) is 4.22. The normalized spacial score (nSPS) is 26.5. The van der Waals surface area contributed by atoms with Crippen LogP contribution in [-0.4, -0.2) is 22.4 Å². The molecule has 1 saturated carbocycles. The lowest BCUT2D eigenvalue weighted by Crippen LogP contribution is -2.41. The van der Waals surface area contributed by atoms with Crippen molar-refractivity contribution < 1.29 is 14.7 Å². The Morgan fingerprint density at radius 2 is 1.91 bits per heavy atom. The zero-order chi connectivity index (χ0) is 15.2. The summed E-state index contributed by atoms with van der Waals surface area (Å²) in [5.74, 6) is 0.155. The zero-order valence-corrected chi connectivity index (χ0v) is 11.7. The van der Waals surface area contributed by atoms with Crippen LogP contribution in [0, 0.1) is 5.92 Å². The molecule has 2 N–H and O–H groups in total. The first-order valence-corrected chi connectivity index (χ1v) is 7.11. The Labute approximate surface area is 127 Å². The number of hydrogen-bond donors (Lipinski definition) is 2. The van der Waals surface area contributed by atoms with Crippen LogP contribution < -0.4 is 10.1 Å². The lowest BCUT2D eigenvalue weighted by Gasteiger charge is -2.25. The number of fused-ring (bicyclic) bond motifs is 2. The molecular weight excluding hydrogens is 280 g/mol. The van der Waals surface area contributed by atoms with Crippen molar-refractivity contribution in [3.8, 4) is 5.75 Å². The highest BCUT2D eigenvalue weighted by Crippen LogP contribution is 2.54. The molecule has 1 heterocycles. The molecule has 1 fully saturated rings. The quantitative estimate of drug-likeness (QED) is 0.660. The van der Waals surface area contributed by atoms with Gasteiger partial charge in [-0.2, -0.15) is 0 Å². The van der Waals surface area contributed by atoms with Gasteiger partial charge in [0, 0.05) is 17.7 Å². The van der Waals surface area contributed by atoms with E-state index < -0.39 is 5.60 Å². The van der Waals surface area contributed by atoms with Gasteiger partial charge in [0.15, 0.2) is 5.60 Å². The van der Waals surface area contributed by atoms with Crippen molar-refractivity contribution in [1.29, 1.82) is 0 Å². The third-order valence-electron chi connectivity index (χ3n) is 4.22. The lowest BCUT2D eigenvalue weighted by atomic mass is 9.99. The van der Waals surface area contributed by atoms with Crippen LogP contribution in [0.15, 0.2) is 59.8 Å². The van der Waals surface area contributed by atoms with Crippen molar-refractivity contribution in [2.75, 3.05) is 5.32 Å². The van der Waals surface area contributed by atoms with Crippen LogP contribution >= 0.6 is 0 Å². The number of carbonyl (C=O) groups excluding carboxylic acids is 1. The topological polar surface area (TPSA) is 70.9 Å². The molecule has 0 spiro atoms. The Bertz CT molecular complexity index is 772. The molecule has 1 amide bonds. The molecule has 22 heavy (non-hydrogen) atoms. The highest BCUT2D eigenvalue weighted by molar-refractivity contribution is 6.15. The Morgan fingerprint density at radius 1 is 1.18 bits per heavy atom. The van der Waals surface area contributed by atoms with Gasteiger partial charge in [0.1, 0.15) is 5.75 Å². The molecular formula is C17H14N2O3. The number of nitrogens with one attached hydrogen (secondary N) is 1. The van der Waals surface area contributed by atoms with Gasteiger partial charge in [-0.15, -0.1) is 0 Å². The second kappa shape index (κ2) is 4.59. The van der Waals surface area contributed by atoms with E-state index in [2.05, 4.69) is 10.5 Å². The van der Waals surface area contributed by atoms with E-state index in [1.165, 1.54) is 0 Å². The maximum Gasteiger partial charge on any atom is 0.269 e. The van der Waals surface area contributed by atoms with Crippen LogP contribution in [0.25, 0.3) is 0 Å². The molecule has 0 saturated heterocycles. The SMILES string of the molecule is O=C(Nc1ccccc1)[C@@]12C[C@@H]1C(=NO)c1ccccc1O2. The molecule has 1 aliphatic heterocycles. The van der Waals surface area contributed by atoms with Gasteiger partial charge in [-0.1, -0.05) is 35.5 Å². The number of hydrogen-bond acceptors (Lipinski definition) is 4. The first-order valence-electron chi connectivity index (χ1n) is 7.11. The van der Waals surface area contributed by atoms with Crippen molar-refractivity contribution in [3.05, 3.63) is 60.2 Å². The number of nitrogens with zero attached hydrogens (tertiary/aromatic N) is 1. The number of ether oxygens (including phenoxy) is 1. The van der Waals surface area contributed by atoms with Crippen LogP contribution in [0.2, 0.25) is 0 Å². The molecule has 0 bridgehead atoms. The van der Waals surface area contributed by atoms with E-state index in [1.54, 1.807) is 6.07 Å². The monoisotopic (exact) mass is 294 g/mol. The zero-order valence-electron chi connectivity index (χ0n) is 11.7. The number of oxime groups is 1. The Balaban J connectivity index is 1.66. The molecule has 2 aliphatic rings. The van der Waals surface area contributed by atoms with Gasteiger partial charge in [0.2, 0.25) is 0 Å². The molecule has 2 atom stereocenters. The largest absolute Gasteiger partial charge is 0.476 e. The Hall–Kier alpha value is -2.82. The number of carbonyl (C=O) groups is 1. The summed E-state index contributed by atoms with van der Waals surface area (Å²) in [6.07, 6.45) is 0.514. The van der Waals surface area contributed by atoms with Gasteiger partial charge in [-0.3, -0.25) is 4.79 Å². The van der Waals surface area contributed by atoms with Crippen LogP contribution in [0.4, 0.5) is 5.69 Å². The van der Waals surface area contributed by atoms with Gasteiger partial charge < -0.3 is 15.3 Å². The van der Waals surface area contributed by atoms with Crippen molar-refractivity contribution in [3.63, 3.8) is 0 Å². The molecule has 2 aromatic carbocycles. The highest BCUT2D eigenvalue weighted by atomic mass is 16.5. The van der Waals surface area contributed by atoms with Crippen LogP contribution in [-0.2, 0) is 4.79 Å². The fourth-order valence-corrected chi connectivity index (χ4v) is 3.01. The van der Waals surface area contributed by atoms with E-state index in [0.29, 0.717) is 17.9 Å². The molecule has 0 unspecified atom stereocenters. The summed E-state index contributed by atoms with van der Waals surface area (Å²) in [4.78, 5) is 12.6. The van der Waals surface area contributed by atoms with Crippen molar-refractivity contribution >= 4 is 17.3 Å². The standard InChI is InChI=1S/C17H14N2O3/c20-16(18-11-6-2-1-3-7-11)17-10-13(17)15(19-21)12-8-4-5-9-14(12)22-17/h1-9,13,21H,10H2,(H,18,20)/t13-,17-/m1/s1. The van der Waals surface area contributed by atoms with Gasteiger partial charge in [0.25, 0.3) is 5.91 Å². The molecule has 5 heteroatoms. The van der Waals surface area contributed by atoms with Crippen molar-refractivity contribution in [2.24, 2.45) is 11.1 Å². The van der Waals surface area contributed by atoms with E-state index in [0.717, 1.165) is 11.3 Å². The van der Waals surface area contributed by atoms with Gasteiger partial charge >= 0.3 is 0 Å². The molecule has 110 valence electrons. The Morgan fingerprint density at radius 3 is 2.68 bits per heavy atom. The molecule has 1 aliphatic carbocycles. The maximum atomic E-state index is 12.6. The number of para-hydroxylation sites is 2. The smallest absolute Gasteiger partial charge is 0.269 e. The number of anilines is 1.